The SMILES string of the molecule is CSc1ccccc1NC(=O)CN(C)C(=O)c1csc(-c2cccc(Cl)c2)n1. The summed E-state index contributed by atoms with van der Waals surface area (Å²) in [4.78, 5) is 31.7. The molecule has 5 nitrogen and oxygen atoms in total. The molecule has 1 aromatic heterocycles. The number of benzene rings is 2. The molecular formula is C20H18ClN3O2S2. The number of carbonyl (C=O) groups is 2. The monoisotopic (exact) mass is 431 g/mol. The van der Waals surface area contributed by atoms with Gasteiger partial charge in [0, 0.05) is 27.9 Å². The predicted octanol–water partition coefficient (Wildman–Crippen LogP) is 4.90. The van der Waals surface area contributed by atoms with Crippen molar-refractivity contribution in [2.75, 3.05) is 25.2 Å². The van der Waals surface area contributed by atoms with Crippen LogP contribution >= 0.6 is 34.7 Å². The maximum atomic E-state index is 12.6. The molecule has 0 radical (unpaired) electrons. The molecule has 0 fully saturated rings. The van der Waals surface area contributed by atoms with Gasteiger partial charge in [0.05, 0.1) is 12.2 Å². The lowest BCUT2D eigenvalue weighted by Crippen LogP contribution is -2.35. The molecule has 8 heteroatoms. The van der Waals surface area contributed by atoms with Gasteiger partial charge in [-0.3, -0.25) is 9.59 Å². The van der Waals surface area contributed by atoms with Crippen molar-refractivity contribution in [1.82, 2.24) is 9.88 Å². The van der Waals surface area contributed by atoms with E-state index in [1.165, 1.54) is 16.2 Å². The summed E-state index contributed by atoms with van der Waals surface area (Å²) in [7, 11) is 1.58. The van der Waals surface area contributed by atoms with Gasteiger partial charge in [-0.15, -0.1) is 23.1 Å². The molecule has 0 unspecified atom stereocenters. The summed E-state index contributed by atoms with van der Waals surface area (Å²) >= 11 is 8.93. The van der Waals surface area contributed by atoms with E-state index in [9.17, 15) is 9.59 Å². The fourth-order valence-electron chi connectivity index (χ4n) is 2.55. The number of amides is 2. The molecule has 2 aromatic carbocycles. The minimum Gasteiger partial charge on any atom is -0.331 e. The Morgan fingerprint density at radius 3 is 2.75 bits per heavy atom. The fraction of sp³-hybridized carbons (Fsp3) is 0.150. The molecule has 0 aliphatic rings. The Hall–Kier alpha value is -2.35. The molecule has 3 rings (SSSR count). The summed E-state index contributed by atoms with van der Waals surface area (Å²) in [5.74, 6) is -0.569. The molecule has 3 aromatic rings. The van der Waals surface area contributed by atoms with Crippen LogP contribution in [0.3, 0.4) is 0 Å². The summed E-state index contributed by atoms with van der Waals surface area (Å²) < 4.78 is 0. The first-order valence-corrected chi connectivity index (χ1v) is 10.9. The highest BCUT2D eigenvalue weighted by molar-refractivity contribution is 7.98. The van der Waals surface area contributed by atoms with Gasteiger partial charge in [-0.2, -0.15) is 0 Å². The number of carbonyl (C=O) groups excluding carboxylic acids is 2. The van der Waals surface area contributed by atoms with Crippen molar-refractivity contribution in [3.05, 3.63) is 64.6 Å². The van der Waals surface area contributed by atoms with Gasteiger partial charge in [0.2, 0.25) is 5.91 Å². The van der Waals surface area contributed by atoms with Crippen LogP contribution in [0.2, 0.25) is 5.02 Å². The third-order valence-corrected chi connectivity index (χ3v) is 5.83. The molecule has 144 valence electrons. The number of hydrogen-bond donors (Lipinski definition) is 1. The summed E-state index contributed by atoms with van der Waals surface area (Å²) in [6.07, 6.45) is 1.94. The van der Waals surface area contributed by atoms with Crippen LogP contribution in [-0.2, 0) is 4.79 Å². The van der Waals surface area contributed by atoms with Crippen molar-refractivity contribution in [1.29, 1.82) is 0 Å². The van der Waals surface area contributed by atoms with Crippen molar-refractivity contribution in [2.24, 2.45) is 0 Å². The zero-order valence-electron chi connectivity index (χ0n) is 15.3. The minimum atomic E-state index is -0.308. The highest BCUT2D eigenvalue weighted by atomic mass is 35.5. The number of aromatic nitrogens is 1. The molecule has 0 spiro atoms. The van der Waals surface area contributed by atoms with E-state index in [4.69, 9.17) is 11.6 Å². The number of thioether (sulfide) groups is 1. The Labute approximate surface area is 176 Å². The van der Waals surface area contributed by atoms with Crippen LogP contribution in [0, 0.1) is 0 Å². The number of thiazole rings is 1. The smallest absolute Gasteiger partial charge is 0.273 e. The summed E-state index contributed by atoms with van der Waals surface area (Å²) in [5, 5.41) is 5.86. The van der Waals surface area contributed by atoms with Gasteiger partial charge in [-0.25, -0.2) is 4.98 Å². The Morgan fingerprint density at radius 2 is 2.00 bits per heavy atom. The van der Waals surface area contributed by atoms with E-state index in [1.807, 2.05) is 42.7 Å². The maximum Gasteiger partial charge on any atom is 0.273 e. The molecule has 2 amide bonds. The highest BCUT2D eigenvalue weighted by Crippen LogP contribution is 2.27. The van der Waals surface area contributed by atoms with Gasteiger partial charge >= 0.3 is 0 Å². The molecule has 1 heterocycles. The first kappa shape index (κ1) is 20.4. The van der Waals surface area contributed by atoms with Crippen LogP contribution in [0.1, 0.15) is 10.5 Å². The average Bonchev–Trinajstić information content (AvgIpc) is 3.18. The maximum absolute atomic E-state index is 12.6. The van der Waals surface area contributed by atoms with E-state index in [0.717, 1.165) is 16.1 Å². The molecule has 1 N–H and O–H groups in total. The van der Waals surface area contributed by atoms with E-state index >= 15 is 0 Å². The fourth-order valence-corrected chi connectivity index (χ4v) is 4.08. The number of anilines is 1. The second kappa shape index (κ2) is 9.23. The van der Waals surface area contributed by atoms with Crippen LogP contribution in [0.5, 0.6) is 0 Å². The topological polar surface area (TPSA) is 62.3 Å². The Kier molecular flexibility index (Phi) is 6.72. The Balaban J connectivity index is 1.65. The number of halogens is 1. The number of nitrogens with one attached hydrogen (secondary N) is 1. The van der Waals surface area contributed by atoms with Gasteiger partial charge < -0.3 is 10.2 Å². The van der Waals surface area contributed by atoms with Crippen molar-refractivity contribution in [2.45, 2.75) is 4.90 Å². The summed E-state index contributed by atoms with van der Waals surface area (Å²) in [6, 6.07) is 14.9. The van der Waals surface area contributed by atoms with Gasteiger partial charge in [0.15, 0.2) is 0 Å². The number of likely N-dealkylation sites (N-methyl/N-ethyl adjacent to an activating group) is 1. The Bertz CT molecular complexity index is 1010. The van der Waals surface area contributed by atoms with Crippen molar-refractivity contribution < 1.29 is 9.59 Å². The minimum absolute atomic E-state index is 0.0639. The normalized spacial score (nSPS) is 10.5. The van der Waals surface area contributed by atoms with E-state index in [0.29, 0.717) is 15.7 Å². The predicted molar refractivity (Wildman–Crippen MR) is 116 cm³/mol. The molecule has 28 heavy (non-hydrogen) atoms. The van der Waals surface area contributed by atoms with Crippen molar-refractivity contribution in [3.8, 4) is 10.6 Å². The summed E-state index contributed by atoms with van der Waals surface area (Å²) in [5.41, 5.74) is 1.89. The first-order valence-electron chi connectivity index (χ1n) is 8.37. The number of rotatable bonds is 6. The lowest BCUT2D eigenvalue weighted by Gasteiger charge is -2.16. The lowest BCUT2D eigenvalue weighted by atomic mass is 10.2. The second-order valence-corrected chi connectivity index (χ2v) is 8.10. The second-order valence-electron chi connectivity index (χ2n) is 5.96. The van der Waals surface area contributed by atoms with E-state index in [-0.39, 0.29) is 18.4 Å². The third kappa shape index (κ3) is 4.92. The van der Waals surface area contributed by atoms with Gasteiger partial charge in [0.25, 0.3) is 5.91 Å². The number of nitrogens with zero attached hydrogens (tertiary/aromatic N) is 2. The van der Waals surface area contributed by atoms with Gasteiger partial charge in [-0.1, -0.05) is 35.9 Å². The van der Waals surface area contributed by atoms with E-state index in [1.54, 1.807) is 36.3 Å². The van der Waals surface area contributed by atoms with Crippen LogP contribution in [-0.4, -0.2) is 41.5 Å². The largest absolute Gasteiger partial charge is 0.331 e. The lowest BCUT2D eigenvalue weighted by molar-refractivity contribution is -0.116. The van der Waals surface area contributed by atoms with Crippen molar-refractivity contribution >= 4 is 52.2 Å². The zero-order chi connectivity index (χ0) is 20.1. The first-order chi connectivity index (χ1) is 13.5. The van der Waals surface area contributed by atoms with Gasteiger partial charge in [0.1, 0.15) is 10.7 Å². The van der Waals surface area contributed by atoms with Crippen LogP contribution in [0.25, 0.3) is 10.6 Å². The number of para-hydroxylation sites is 1. The molecule has 0 bridgehead atoms. The standard InChI is InChI=1S/C20H18ClN3O2S2/c1-24(11-18(25)22-15-8-3-4-9-17(15)27-2)20(26)16-12-28-19(23-16)13-6-5-7-14(21)10-13/h3-10,12H,11H2,1-2H3,(H,22,25). The third-order valence-electron chi connectivity index (χ3n) is 3.90. The average molecular weight is 432 g/mol. The van der Waals surface area contributed by atoms with E-state index in [2.05, 4.69) is 10.3 Å². The zero-order valence-corrected chi connectivity index (χ0v) is 17.7. The molecule has 0 saturated heterocycles. The molecule has 0 atom stereocenters. The molecule has 0 aliphatic heterocycles. The van der Waals surface area contributed by atoms with Crippen molar-refractivity contribution in [3.63, 3.8) is 0 Å². The quantitative estimate of drug-likeness (QED) is 0.564. The van der Waals surface area contributed by atoms with Gasteiger partial charge in [-0.05, 0) is 30.5 Å². The number of hydrogen-bond acceptors (Lipinski definition) is 5. The van der Waals surface area contributed by atoms with E-state index < -0.39 is 0 Å². The molecular weight excluding hydrogens is 414 g/mol. The molecule has 0 aliphatic carbocycles. The van der Waals surface area contributed by atoms with Crippen LogP contribution < -0.4 is 5.32 Å². The van der Waals surface area contributed by atoms with Crippen LogP contribution in [0.15, 0.2) is 58.8 Å². The summed E-state index contributed by atoms with van der Waals surface area (Å²) in [6.45, 7) is -0.0639. The Morgan fingerprint density at radius 1 is 1.21 bits per heavy atom. The highest BCUT2D eigenvalue weighted by Gasteiger charge is 2.19. The van der Waals surface area contributed by atoms with Crippen LogP contribution in [0.4, 0.5) is 5.69 Å². The molecule has 0 saturated carbocycles.